The number of nitrogens with zero attached hydrogens (tertiary/aromatic N) is 2. The average molecular weight is 402 g/mol. The number of phenols is 1. The third kappa shape index (κ3) is 2.56. The molecule has 1 aromatic carbocycles. The highest BCUT2D eigenvalue weighted by atomic mass is 16.3. The molecule has 7 heteroatoms. The average Bonchev–Trinajstić information content (AvgIpc) is 2.91. The SMILES string of the molecule is CCN1C(=O)NC2(CCC3(O)C(C)N(C)CCC3(c3cc(O)ccc3C)C2)C1=O. The number of nitrogens with one attached hydrogen (secondary N) is 1. The summed E-state index contributed by atoms with van der Waals surface area (Å²) in [6, 6.07) is 4.76. The van der Waals surface area contributed by atoms with E-state index in [9.17, 15) is 19.8 Å². The number of hydrogen-bond donors (Lipinski definition) is 3. The highest BCUT2D eigenvalue weighted by Crippen LogP contribution is 2.58. The van der Waals surface area contributed by atoms with Gasteiger partial charge in [0.1, 0.15) is 11.3 Å². The molecule has 3 aliphatic rings. The molecule has 2 heterocycles. The fourth-order valence-electron chi connectivity index (χ4n) is 6.08. The number of aryl methyl sites for hydroxylation is 1. The smallest absolute Gasteiger partial charge is 0.325 e. The minimum atomic E-state index is -1.07. The van der Waals surface area contributed by atoms with Gasteiger partial charge in [-0.1, -0.05) is 6.07 Å². The van der Waals surface area contributed by atoms with Crippen LogP contribution in [0.15, 0.2) is 18.2 Å². The second-order valence-corrected chi connectivity index (χ2v) is 9.15. The molecular formula is C22H31N3O4. The highest BCUT2D eigenvalue weighted by molar-refractivity contribution is 6.07. The van der Waals surface area contributed by atoms with E-state index < -0.39 is 16.6 Å². The van der Waals surface area contributed by atoms with Crippen molar-refractivity contribution < 1.29 is 19.8 Å². The summed E-state index contributed by atoms with van der Waals surface area (Å²) in [4.78, 5) is 29.2. The van der Waals surface area contributed by atoms with E-state index in [1.807, 2.05) is 27.0 Å². The van der Waals surface area contributed by atoms with Crippen molar-refractivity contribution in [3.63, 3.8) is 0 Å². The summed E-state index contributed by atoms with van der Waals surface area (Å²) in [6.07, 6.45) is 1.78. The molecule has 1 aromatic rings. The van der Waals surface area contributed by atoms with Crippen molar-refractivity contribution >= 4 is 11.9 Å². The van der Waals surface area contributed by atoms with Crippen LogP contribution in [-0.2, 0) is 10.2 Å². The lowest BCUT2D eigenvalue weighted by Crippen LogP contribution is -2.73. The van der Waals surface area contributed by atoms with Crippen LogP contribution in [0.5, 0.6) is 5.75 Å². The Bertz CT molecular complexity index is 874. The lowest BCUT2D eigenvalue weighted by molar-refractivity contribution is -0.168. The monoisotopic (exact) mass is 401 g/mol. The number of urea groups is 1. The van der Waals surface area contributed by atoms with Gasteiger partial charge in [0.15, 0.2) is 0 Å². The molecule has 2 aliphatic heterocycles. The molecule has 4 atom stereocenters. The van der Waals surface area contributed by atoms with Gasteiger partial charge in [0.2, 0.25) is 0 Å². The molecule has 1 spiro atoms. The van der Waals surface area contributed by atoms with Crippen molar-refractivity contribution in [3.05, 3.63) is 29.3 Å². The summed E-state index contributed by atoms with van der Waals surface area (Å²) in [5, 5.41) is 25.3. The topological polar surface area (TPSA) is 93.1 Å². The number of benzene rings is 1. The summed E-state index contributed by atoms with van der Waals surface area (Å²) in [5.74, 6) is -0.0543. The summed E-state index contributed by atoms with van der Waals surface area (Å²) in [6.45, 7) is 6.88. The Kier molecular flexibility index (Phi) is 4.48. The molecular weight excluding hydrogens is 370 g/mol. The molecule has 29 heavy (non-hydrogen) atoms. The second-order valence-electron chi connectivity index (χ2n) is 9.15. The van der Waals surface area contributed by atoms with E-state index in [2.05, 4.69) is 10.2 Å². The number of likely N-dealkylation sites (tertiary alicyclic amines) is 1. The van der Waals surface area contributed by atoms with Crippen molar-refractivity contribution in [3.8, 4) is 5.75 Å². The van der Waals surface area contributed by atoms with Crippen LogP contribution in [0.1, 0.15) is 50.7 Å². The van der Waals surface area contributed by atoms with Crippen molar-refractivity contribution in [2.45, 2.75) is 69.1 Å². The Labute approximate surface area is 171 Å². The van der Waals surface area contributed by atoms with E-state index in [4.69, 9.17) is 0 Å². The third-order valence-corrected chi connectivity index (χ3v) is 7.91. The molecule has 3 amide bonds. The van der Waals surface area contributed by atoms with Gasteiger partial charge in [-0.2, -0.15) is 0 Å². The zero-order valence-electron chi connectivity index (χ0n) is 17.7. The molecule has 2 saturated heterocycles. The van der Waals surface area contributed by atoms with Gasteiger partial charge in [0, 0.05) is 18.0 Å². The van der Waals surface area contributed by atoms with Crippen molar-refractivity contribution in [1.82, 2.24) is 15.1 Å². The van der Waals surface area contributed by atoms with Crippen LogP contribution >= 0.6 is 0 Å². The summed E-state index contributed by atoms with van der Waals surface area (Å²) in [7, 11) is 2.01. The Morgan fingerprint density at radius 2 is 1.97 bits per heavy atom. The van der Waals surface area contributed by atoms with Gasteiger partial charge in [-0.05, 0) is 83.3 Å². The molecule has 7 nitrogen and oxygen atoms in total. The molecule has 1 aliphatic carbocycles. The van der Waals surface area contributed by atoms with E-state index in [1.165, 1.54) is 4.90 Å². The Balaban J connectivity index is 1.90. The van der Waals surface area contributed by atoms with Crippen LogP contribution in [-0.4, -0.2) is 69.3 Å². The predicted octanol–water partition coefficient (Wildman–Crippen LogP) is 1.89. The summed E-state index contributed by atoms with van der Waals surface area (Å²) in [5.41, 5.74) is -0.983. The van der Waals surface area contributed by atoms with Gasteiger partial charge in [0.05, 0.1) is 5.60 Å². The lowest BCUT2D eigenvalue weighted by Gasteiger charge is -2.62. The Morgan fingerprint density at radius 3 is 2.62 bits per heavy atom. The summed E-state index contributed by atoms with van der Waals surface area (Å²) < 4.78 is 0. The van der Waals surface area contributed by atoms with Gasteiger partial charge in [-0.25, -0.2) is 4.79 Å². The maximum Gasteiger partial charge on any atom is 0.325 e. The Morgan fingerprint density at radius 1 is 1.24 bits per heavy atom. The number of rotatable bonds is 2. The number of phenolic OH excluding ortho intramolecular Hbond substituents is 1. The normalized spacial score (nSPS) is 37.7. The van der Waals surface area contributed by atoms with Gasteiger partial charge in [-0.15, -0.1) is 0 Å². The van der Waals surface area contributed by atoms with E-state index in [0.717, 1.165) is 17.7 Å². The maximum absolute atomic E-state index is 13.3. The van der Waals surface area contributed by atoms with Crippen LogP contribution in [0.2, 0.25) is 0 Å². The first-order valence-electron chi connectivity index (χ1n) is 10.5. The molecule has 4 unspecified atom stereocenters. The fourth-order valence-corrected chi connectivity index (χ4v) is 6.08. The van der Waals surface area contributed by atoms with Crippen molar-refractivity contribution in [2.75, 3.05) is 20.1 Å². The Hall–Kier alpha value is -2.12. The van der Waals surface area contributed by atoms with Crippen LogP contribution in [0.3, 0.4) is 0 Å². The van der Waals surface area contributed by atoms with E-state index in [1.54, 1.807) is 19.1 Å². The van der Waals surface area contributed by atoms with Crippen molar-refractivity contribution in [1.29, 1.82) is 0 Å². The van der Waals surface area contributed by atoms with Gasteiger partial charge in [-0.3, -0.25) is 9.69 Å². The fraction of sp³-hybridized carbons (Fsp3) is 0.636. The first kappa shape index (κ1) is 20.2. The molecule has 158 valence electrons. The number of aromatic hydroxyl groups is 1. The van der Waals surface area contributed by atoms with Gasteiger partial charge < -0.3 is 20.4 Å². The van der Waals surface area contributed by atoms with E-state index in [-0.39, 0.29) is 23.7 Å². The number of carbonyl (C=O) groups excluding carboxylic acids is 2. The number of carbonyl (C=O) groups is 2. The molecule has 0 bridgehead atoms. The van der Waals surface area contributed by atoms with Crippen LogP contribution < -0.4 is 5.32 Å². The molecule has 4 rings (SSSR count). The second kappa shape index (κ2) is 6.44. The van der Waals surface area contributed by atoms with Gasteiger partial charge >= 0.3 is 6.03 Å². The number of likely N-dealkylation sites (N-methyl/N-ethyl adjacent to an activating group) is 2. The van der Waals surface area contributed by atoms with Crippen LogP contribution in [0.25, 0.3) is 0 Å². The van der Waals surface area contributed by atoms with E-state index in [0.29, 0.717) is 32.2 Å². The number of hydrogen-bond acceptors (Lipinski definition) is 5. The van der Waals surface area contributed by atoms with Crippen LogP contribution in [0.4, 0.5) is 4.79 Å². The number of amides is 3. The quantitative estimate of drug-likeness (QED) is 0.658. The molecule has 3 N–H and O–H groups in total. The molecule has 0 aromatic heterocycles. The zero-order valence-corrected chi connectivity index (χ0v) is 17.7. The zero-order chi connectivity index (χ0) is 21.2. The number of fused-ring (bicyclic) bond motifs is 1. The number of imide groups is 1. The lowest BCUT2D eigenvalue weighted by atomic mass is 9.50. The minimum absolute atomic E-state index is 0.121. The van der Waals surface area contributed by atoms with Crippen LogP contribution in [0, 0.1) is 6.92 Å². The standard InChI is InChI=1S/C22H31N3O4/c1-5-25-18(27)21(23-19(25)28)8-9-22(29)15(3)24(4)11-10-20(22,13-21)17-12-16(26)7-6-14(17)2/h6-7,12,15,26,29H,5,8-11,13H2,1-4H3,(H,23,28). The largest absolute Gasteiger partial charge is 0.508 e. The summed E-state index contributed by atoms with van der Waals surface area (Å²) >= 11 is 0. The minimum Gasteiger partial charge on any atom is -0.508 e. The molecule has 0 radical (unpaired) electrons. The van der Waals surface area contributed by atoms with Crippen molar-refractivity contribution in [2.24, 2.45) is 0 Å². The van der Waals surface area contributed by atoms with Gasteiger partial charge in [0.25, 0.3) is 5.91 Å². The number of aliphatic hydroxyl groups is 1. The third-order valence-electron chi connectivity index (χ3n) is 7.91. The molecule has 1 saturated carbocycles. The highest BCUT2D eigenvalue weighted by Gasteiger charge is 2.67. The maximum atomic E-state index is 13.3. The first-order valence-corrected chi connectivity index (χ1v) is 10.5. The van der Waals surface area contributed by atoms with E-state index >= 15 is 0 Å². The number of piperidine rings is 1. The molecule has 3 fully saturated rings. The first-order chi connectivity index (χ1) is 13.6. The predicted molar refractivity (Wildman–Crippen MR) is 109 cm³/mol.